The quantitative estimate of drug-likeness (QED) is 0.572. The highest BCUT2D eigenvalue weighted by Crippen LogP contribution is 2.31. The van der Waals surface area contributed by atoms with Crippen LogP contribution in [-0.4, -0.2) is 27.0 Å². The molecule has 2 aromatic carbocycles. The summed E-state index contributed by atoms with van der Waals surface area (Å²) in [6.07, 6.45) is 1.99. The molecule has 26 heavy (non-hydrogen) atoms. The van der Waals surface area contributed by atoms with Gasteiger partial charge < -0.3 is 9.32 Å². The standard InChI is InChI=1S/C19H15BrClN3O2/c20-16-4-2-1-3-15(16)19(25)24(14-9-10-14)11-17-22-23-18(26-17)12-5-7-13(21)8-6-12/h1-8,14H,9-11H2. The van der Waals surface area contributed by atoms with Crippen LogP contribution in [0.15, 0.2) is 57.4 Å². The van der Waals surface area contributed by atoms with Crippen LogP contribution < -0.4 is 0 Å². The first-order valence-electron chi connectivity index (χ1n) is 8.25. The molecule has 1 aromatic heterocycles. The van der Waals surface area contributed by atoms with E-state index in [0.717, 1.165) is 22.9 Å². The average Bonchev–Trinajstić information content (AvgIpc) is 3.38. The summed E-state index contributed by atoms with van der Waals surface area (Å²) in [6, 6.07) is 14.8. The predicted molar refractivity (Wildman–Crippen MR) is 102 cm³/mol. The van der Waals surface area contributed by atoms with Crippen molar-refractivity contribution in [1.29, 1.82) is 0 Å². The van der Waals surface area contributed by atoms with Gasteiger partial charge in [0.2, 0.25) is 11.8 Å². The van der Waals surface area contributed by atoms with E-state index in [9.17, 15) is 4.79 Å². The van der Waals surface area contributed by atoms with E-state index in [0.29, 0.717) is 28.9 Å². The zero-order valence-electron chi connectivity index (χ0n) is 13.7. The highest BCUT2D eigenvalue weighted by molar-refractivity contribution is 9.10. The molecule has 132 valence electrons. The van der Waals surface area contributed by atoms with Gasteiger partial charge in [-0.15, -0.1) is 10.2 Å². The molecule has 0 unspecified atom stereocenters. The van der Waals surface area contributed by atoms with E-state index in [1.54, 1.807) is 17.0 Å². The lowest BCUT2D eigenvalue weighted by atomic mass is 10.2. The number of benzene rings is 2. The first kappa shape index (κ1) is 17.2. The van der Waals surface area contributed by atoms with Crippen molar-refractivity contribution < 1.29 is 9.21 Å². The minimum atomic E-state index is -0.0359. The molecule has 0 radical (unpaired) electrons. The first-order chi connectivity index (χ1) is 12.6. The molecule has 0 saturated heterocycles. The fourth-order valence-electron chi connectivity index (χ4n) is 2.71. The third kappa shape index (κ3) is 3.66. The molecule has 0 aliphatic heterocycles. The van der Waals surface area contributed by atoms with Gasteiger partial charge in [0, 0.05) is 21.1 Å². The zero-order chi connectivity index (χ0) is 18.1. The highest BCUT2D eigenvalue weighted by atomic mass is 79.9. The van der Waals surface area contributed by atoms with E-state index in [4.69, 9.17) is 16.0 Å². The van der Waals surface area contributed by atoms with Crippen molar-refractivity contribution in [2.75, 3.05) is 0 Å². The maximum absolute atomic E-state index is 13.0. The van der Waals surface area contributed by atoms with Crippen LogP contribution >= 0.6 is 27.5 Å². The normalized spacial score (nSPS) is 13.6. The molecule has 1 aliphatic rings. The van der Waals surface area contributed by atoms with Crippen molar-refractivity contribution in [1.82, 2.24) is 15.1 Å². The summed E-state index contributed by atoms with van der Waals surface area (Å²) in [5, 5.41) is 8.85. The largest absolute Gasteiger partial charge is 0.419 e. The maximum atomic E-state index is 13.0. The van der Waals surface area contributed by atoms with E-state index < -0.39 is 0 Å². The number of carbonyl (C=O) groups excluding carboxylic acids is 1. The summed E-state index contributed by atoms with van der Waals surface area (Å²) in [6.45, 7) is 0.297. The molecule has 0 spiro atoms. The second-order valence-electron chi connectivity index (χ2n) is 6.15. The summed E-state index contributed by atoms with van der Waals surface area (Å²) in [5.74, 6) is 0.800. The Labute approximate surface area is 164 Å². The average molecular weight is 433 g/mol. The number of nitrogens with zero attached hydrogens (tertiary/aromatic N) is 3. The van der Waals surface area contributed by atoms with Gasteiger partial charge in [0.05, 0.1) is 12.1 Å². The third-order valence-corrected chi connectivity index (χ3v) is 5.16. The number of halogens is 2. The first-order valence-corrected chi connectivity index (χ1v) is 9.43. The molecule has 1 heterocycles. The fraction of sp³-hybridized carbons (Fsp3) is 0.211. The number of hydrogen-bond acceptors (Lipinski definition) is 4. The Morgan fingerprint density at radius 1 is 1.15 bits per heavy atom. The van der Waals surface area contributed by atoms with Gasteiger partial charge in [0.15, 0.2) is 0 Å². The van der Waals surface area contributed by atoms with Crippen molar-refractivity contribution in [2.24, 2.45) is 0 Å². The Bertz CT molecular complexity index is 938. The summed E-state index contributed by atoms with van der Waals surface area (Å²) in [7, 11) is 0. The molecule has 3 aromatic rings. The van der Waals surface area contributed by atoms with Gasteiger partial charge in [-0.25, -0.2) is 0 Å². The summed E-state index contributed by atoms with van der Waals surface area (Å²) < 4.78 is 6.54. The van der Waals surface area contributed by atoms with Gasteiger partial charge in [0.1, 0.15) is 0 Å². The van der Waals surface area contributed by atoms with Crippen molar-refractivity contribution in [3.05, 3.63) is 69.5 Å². The van der Waals surface area contributed by atoms with Crippen LogP contribution in [0.1, 0.15) is 29.1 Å². The molecule has 0 N–H and O–H groups in total. The van der Waals surface area contributed by atoms with Gasteiger partial charge in [-0.2, -0.15) is 0 Å². The minimum Gasteiger partial charge on any atom is -0.419 e. The lowest BCUT2D eigenvalue weighted by Crippen LogP contribution is -2.33. The number of rotatable bonds is 5. The fourth-order valence-corrected chi connectivity index (χ4v) is 3.30. The van der Waals surface area contributed by atoms with Crippen LogP contribution in [0.2, 0.25) is 5.02 Å². The van der Waals surface area contributed by atoms with Gasteiger partial charge in [-0.3, -0.25) is 4.79 Å². The monoisotopic (exact) mass is 431 g/mol. The molecule has 1 amide bonds. The second kappa shape index (κ2) is 7.21. The second-order valence-corrected chi connectivity index (χ2v) is 7.44. The molecule has 0 bridgehead atoms. The van der Waals surface area contributed by atoms with E-state index in [1.165, 1.54) is 0 Å². The van der Waals surface area contributed by atoms with E-state index in [1.807, 2.05) is 36.4 Å². The van der Waals surface area contributed by atoms with Crippen LogP contribution in [0.4, 0.5) is 0 Å². The van der Waals surface area contributed by atoms with Crippen LogP contribution in [0.3, 0.4) is 0 Å². The minimum absolute atomic E-state index is 0.0359. The lowest BCUT2D eigenvalue weighted by Gasteiger charge is -2.21. The van der Waals surface area contributed by atoms with Crippen molar-refractivity contribution in [2.45, 2.75) is 25.4 Å². The predicted octanol–water partition coefficient (Wildman–Crippen LogP) is 4.96. The topological polar surface area (TPSA) is 59.2 Å². The molecule has 1 aliphatic carbocycles. The molecular weight excluding hydrogens is 418 g/mol. The van der Waals surface area contributed by atoms with Gasteiger partial charge in [-0.1, -0.05) is 23.7 Å². The Morgan fingerprint density at radius 2 is 1.88 bits per heavy atom. The molecule has 1 saturated carbocycles. The van der Waals surface area contributed by atoms with Crippen molar-refractivity contribution in [3.63, 3.8) is 0 Å². The van der Waals surface area contributed by atoms with Crippen molar-refractivity contribution >= 4 is 33.4 Å². The van der Waals surface area contributed by atoms with Gasteiger partial charge in [-0.05, 0) is 65.2 Å². The molecule has 4 rings (SSSR count). The number of aromatic nitrogens is 2. The van der Waals surface area contributed by atoms with Crippen molar-refractivity contribution in [3.8, 4) is 11.5 Å². The number of amides is 1. The van der Waals surface area contributed by atoms with E-state index in [2.05, 4.69) is 26.1 Å². The summed E-state index contributed by atoms with van der Waals surface area (Å²) >= 11 is 9.36. The lowest BCUT2D eigenvalue weighted by molar-refractivity contribution is 0.0713. The molecule has 0 atom stereocenters. The van der Waals surface area contributed by atoms with Crippen LogP contribution in [-0.2, 0) is 6.54 Å². The Hall–Kier alpha value is -2.18. The summed E-state index contributed by atoms with van der Waals surface area (Å²) in [5.41, 5.74) is 1.43. The van der Waals surface area contributed by atoms with Crippen LogP contribution in [0.5, 0.6) is 0 Å². The van der Waals surface area contributed by atoms with Crippen LogP contribution in [0, 0.1) is 0 Å². The zero-order valence-corrected chi connectivity index (χ0v) is 16.1. The third-order valence-electron chi connectivity index (χ3n) is 4.22. The Morgan fingerprint density at radius 3 is 2.58 bits per heavy atom. The smallest absolute Gasteiger partial charge is 0.255 e. The summed E-state index contributed by atoms with van der Waals surface area (Å²) in [4.78, 5) is 14.8. The van der Waals surface area contributed by atoms with Gasteiger partial charge in [0.25, 0.3) is 5.91 Å². The van der Waals surface area contributed by atoms with E-state index >= 15 is 0 Å². The van der Waals surface area contributed by atoms with Crippen LogP contribution in [0.25, 0.3) is 11.5 Å². The Balaban J connectivity index is 1.55. The van der Waals surface area contributed by atoms with Gasteiger partial charge >= 0.3 is 0 Å². The maximum Gasteiger partial charge on any atom is 0.255 e. The SMILES string of the molecule is O=C(c1ccccc1Br)N(Cc1nnc(-c2ccc(Cl)cc2)o1)C1CC1. The molecule has 1 fully saturated rings. The molecule has 7 heteroatoms. The highest BCUT2D eigenvalue weighted by Gasteiger charge is 2.34. The van der Waals surface area contributed by atoms with E-state index in [-0.39, 0.29) is 11.9 Å². The Kier molecular flexibility index (Phi) is 4.78. The molecule has 5 nitrogen and oxygen atoms in total. The number of hydrogen-bond donors (Lipinski definition) is 0. The number of carbonyl (C=O) groups is 1. The molecular formula is C19H15BrClN3O2.